The zero-order chi connectivity index (χ0) is 13.1. The molecule has 0 radical (unpaired) electrons. The standard InChI is InChI=1S/C12H17N5O/c1-10(9-13)16-5-7-17(8-6-16)11-12(18)15(2)4-3-14-11/h3-4,10H,5-8H2,1-2H3. The molecule has 0 spiro atoms. The Bertz CT molecular complexity index is 510. The molecule has 1 aromatic heterocycles. The van der Waals surface area contributed by atoms with Crippen LogP contribution in [0.15, 0.2) is 17.2 Å². The molecule has 0 amide bonds. The molecule has 96 valence electrons. The van der Waals surface area contributed by atoms with E-state index >= 15 is 0 Å². The van der Waals surface area contributed by atoms with Gasteiger partial charge in [0, 0.05) is 45.6 Å². The molecule has 1 atom stereocenters. The van der Waals surface area contributed by atoms with Gasteiger partial charge in [-0.1, -0.05) is 0 Å². The van der Waals surface area contributed by atoms with Crippen LogP contribution in [-0.4, -0.2) is 46.7 Å². The highest BCUT2D eigenvalue weighted by atomic mass is 16.1. The van der Waals surface area contributed by atoms with E-state index in [0.717, 1.165) is 26.2 Å². The van der Waals surface area contributed by atoms with Crippen LogP contribution in [0.4, 0.5) is 5.82 Å². The molecule has 1 aliphatic rings. The molecule has 2 heterocycles. The topological polar surface area (TPSA) is 65.2 Å². The lowest BCUT2D eigenvalue weighted by molar-refractivity contribution is 0.231. The largest absolute Gasteiger partial charge is 0.349 e. The number of nitrogens with zero attached hydrogens (tertiary/aromatic N) is 5. The summed E-state index contributed by atoms with van der Waals surface area (Å²) in [7, 11) is 1.72. The summed E-state index contributed by atoms with van der Waals surface area (Å²) in [5.74, 6) is 0.504. The Morgan fingerprint density at radius 2 is 2.06 bits per heavy atom. The lowest BCUT2D eigenvalue weighted by Crippen LogP contribution is -2.51. The first-order valence-corrected chi connectivity index (χ1v) is 6.03. The van der Waals surface area contributed by atoms with Crippen LogP contribution in [0.3, 0.4) is 0 Å². The van der Waals surface area contributed by atoms with E-state index in [1.807, 2.05) is 11.8 Å². The molecule has 1 unspecified atom stereocenters. The molecule has 0 aliphatic carbocycles. The van der Waals surface area contributed by atoms with Crippen LogP contribution in [0.2, 0.25) is 0 Å². The van der Waals surface area contributed by atoms with E-state index in [4.69, 9.17) is 5.26 Å². The quantitative estimate of drug-likeness (QED) is 0.725. The van der Waals surface area contributed by atoms with Gasteiger partial charge in [0.05, 0.1) is 12.1 Å². The van der Waals surface area contributed by atoms with Crippen LogP contribution in [0.5, 0.6) is 0 Å². The summed E-state index contributed by atoms with van der Waals surface area (Å²) < 4.78 is 1.53. The Hall–Kier alpha value is -1.87. The third-order valence-corrected chi connectivity index (χ3v) is 3.35. The zero-order valence-corrected chi connectivity index (χ0v) is 10.7. The first kappa shape index (κ1) is 12.6. The lowest BCUT2D eigenvalue weighted by Gasteiger charge is -2.36. The van der Waals surface area contributed by atoms with Crippen LogP contribution in [0.25, 0.3) is 0 Å². The van der Waals surface area contributed by atoms with Crippen molar-refractivity contribution in [2.75, 3.05) is 31.1 Å². The Balaban J connectivity index is 2.09. The number of hydrogen-bond donors (Lipinski definition) is 0. The minimum absolute atomic E-state index is 0.0701. The second-order valence-corrected chi connectivity index (χ2v) is 4.49. The molecule has 1 aromatic rings. The van der Waals surface area contributed by atoms with E-state index < -0.39 is 0 Å². The van der Waals surface area contributed by atoms with Gasteiger partial charge in [0.2, 0.25) is 0 Å². The van der Waals surface area contributed by atoms with Crippen molar-refractivity contribution in [2.24, 2.45) is 7.05 Å². The second kappa shape index (κ2) is 5.19. The molecule has 0 saturated carbocycles. The average Bonchev–Trinajstić information content (AvgIpc) is 2.41. The van der Waals surface area contributed by atoms with Crippen LogP contribution < -0.4 is 10.5 Å². The molecule has 0 bridgehead atoms. The van der Waals surface area contributed by atoms with E-state index in [9.17, 15) is 4.79 Å². The SMILES string of the molecule is CC(C#N)N1CCN(c2nccn(C)c2=O)CC1. The highest BCUT2D eigenvalue weighted by molar-refractivity contribution is 5.36. The van der Waals surface area contributed by atoms with E-state index in [1.165, 1.54) is 4.57 Å². The van der Waals surface area contributed by atoms with Crippen molar-refractivity contribution in [3.63, 3.8) is 0 Å². The average molecular weight is 247 g/mol. The van der Waals surface area contributed by atoms with Gasteiger partial charge in [-0.05, 0) is 6.92 Å². The molecular formula is C12H17N5O. The Morgan fingerprint density at radius 3 is 2.67 bits per heavy atom. The summed E-state index contributed by atoms with van der Waals surface area (Å²) in [6.07, 6.45) is 3.29. The number of hydrogen-bond acceptors (Lipinski definition) is 5. The fraction of sp³-hybridized carbons (Fsp3) is 0.583. The highest BCUT2D eigenvalue weighted by Gasteiger charge is 2.23. The van der Waals surface area contributed by atoms with E-state index in [-0.39, 0.29) is 11.6 Å². The normalized spacial score (nSPS) is 18.4. The Morgan fingerprint density at radius 1 is 1.39 bits per heavy atom. The predicted molar refractivity (Wildman–Crippen MR) is 68.3 cm³/mol. The van der Waals surface area contributed by atoms with E-state index in [0.29, 0.717) is 5.82 Å². The van der Waals surface area contributed by atoms with Gasteiger partial charge in [-0.3, -0.25) is 9.69 Å². The van der Waals surface area contributed by atoms with Crippen molar-refractivity contribution >= 4 is 5.82 Å². The molecule has 6 heteroatoms. The molecule has 1 aliphatic heterocycles. The van der Waals surface area contributed by atoms with Gasteiger partial charge in [-0.2, -0.15) is 5.26 Å². The van der Waals surface area contributed by atoms with Gasteiger partial charge in [0.1, 0.15) is 0 Å². The van der Waals surface area contributed by atoms with Gasteiger partial charge in [-0.15, -0.1) is 0 Å². The first-order chi connectivity index (χ1) is 8.63. The van der Waals surface area contributed by atoms with Crippen LogP contribution in [0.1, 0.15) is 6.92 Å². The lowest BCUT2D eigenvalue weighted by atomic mass is 10.2. The van der Waals surface area contributed by atoms with Crippen molar-refractivity contribution in [1.82, 2.24) is 14.5 Å². The molecular weight excluding hydrogens is 230 g/mol. The van der Waals surface area contributed by atoms with Crippen molar-refractivity contribution in [2.45, 2.75) is 13.0 Å². The monoisotopic (exact) mass is 247 g/mol. The third kappa shape index (κ3) is 2.36. The summed E-state index contributed by atoms with van der Waals surface area (Å²) in [6.45, 7) is 4.94. The molecule has 2 rings (SSSR count). The molecule has 18 heavy (non-hydrogen) atoms. The van der Waals surface area contributed by atoms with Crippen molar-refractivity contribution in [3.05, 3.63) is 22.7 Å². The number of aryl methyl sites for hydroxylation is 1. The van der Waals surface area contributed by atoms with Crippen LogP contribution >= 0.6 is 0 Å². The highest BCUT2D eigenvalue weighted by Crippen LogP contribution is 2.10. The number of rotatable bonds is 2. The zero-order valence-electron chi connectivity index (χ0n) is 10.7. The third-order valence-electron chi connectivity index (χ3n) is 3.35. The second-order valence-electron chi connectivity index (χ2n) is 4.49. The first-order valence-electron chi connectivity index (χ1n) is 6.03. The summed E-state index contributed by atoms with van der Waals surface area (Å²) in [5, 5.41) is 8.88. The molecule has 0 N–H and O–H groups in total. The van der Waals surface area contributed by atoms with Crippen molar-refractivity contribution < 1.29 is 0 Å². The maximum absolute atomic E-state index is 11.9. The number of nitriles is 1. The Kier molecular flexibility index (Phi) is 3.63. The summed E-state index contributed by atoms with van der Waals surface area (Å²) in [4.78, 5) is 20.2. The Labute approximate surface area is 106 Å². The minimum atomic E-state index is -0.0706. The van der Waals surface area contributed by atoms with Crippen molar-refractivity contribution in [3.8, 4) is 6.07 Å². The number of piperazine rings is 1. The van der Waals surface area contributed by atoms with Gasteiger partial charge in [0.15, 0.2) is 5.82 Å². The molecule has 6 nitrogen and oxygen atoms in total. The van der Waals surface area contributed by atoms with E-state index in [2.05, 4.69) is 16.0 Å². The number of anilines is 1. The van der Waals surface area contributed by atoms with Gasteiger partial charge in [-0.25, -0.2) is 4.98 Å². The number of aromatic nitrogens is 2. The van der Waals surface area contributed by atoms with Crippen molar-refractivity contribution in [1.29, 1.82) is 5.26 Å². The van der Waals surface area contributed by atoms with Crippen LogP contribution in [0, 0.1) is 11.3 Å². The summed E-state index contributed by atoms with van der Waals surface area (Å²) in [6, 6.07) is 2.17. The molecule has 1 saturated heterocycles. The van der Waals surface area contributed by atoms with Gasteiger partial charge >= 0.3 is 0 Å². The van der Waals surface area contributed by atoms with Gasteiger partial charge < -0.3 is 9.47 Å². The smallest absolute Gasteiger partial charge is 0.293 e. The minimum Gasteiger partial charge on any atom is -0.349 e. The van der Waals surface area contributed by atoms with Gasteiger partial charge in [0.25, 0.3) is 5.56 Å². The van der Waals surface area contributed by atoms with E-state index in [1.54, 1.807) is 19.4 Å². The van der Waals surface area contributed by atoms with Crippen LogP contribution in [-0.2, 0) is 7.05 Å². The molecule has 1 fully saturated rings. The summed E-state index contributed by atoms with van der Waals surface area (Å²) >= 11 is 0. The fourth-order valence-electron chi connectivity index (χ4n) is 2.10. The molecule has 0 aromatic carbocycles. The predicted octanol–water partition coefficient (Wildman–Crippen LogP) is -0.186. The maximum Gasteiger partial charge on any atom is 0.293 e. The fourth-order valence-corrected chi connectivity index (χ4v) is 2.10. The maximum atomic E-state index is 11.9. The summed E-state index contributed by atoms with van der Waals surface area (Å²) in [5.41, 5.74) is -0.0701.